The molecule has 0 fully saturated rings. The highest BCUT2D eigenvalue weighted by atomic mass is 79.9. The monoisotopic (exact) mass is 328 g/mol. The van der Waals surface area contributed by atoms with Gasteiger partial charge in [0.05, 0.1) is 18.2 Å². The Morgan fingerprint density at radius 3 is 2.79 bits per heavy atom. The highest BCUT2D eigenvalue weighted by Gasteiger charge is 2.10. The first-order valence-corrected chi connectivity index (χ1v) is 6.79. The zero-order valence-electron chi connectivity index (χ0n) is 11.0. The van der Waals surface area contributed by atoms with E-state index in [4.69, 9.17) is 14.6 Å². The third-order valence-electron chi connectivity index (χ3n) is 2.41. The number of unbranched alkanes of at least 4 members (excludes halogenated alkanes) is 1. The summed E-state index contributed by atoms with van der Waals surface area (Å²) in [6, 6.07) is 3.54. The van der Waals surface area contributed by atoms with Crippen molar-refractivity contribution in [2.24, 2.45) is 0 Å². The highest BCUT2D eigenvalue weighted by Crippen LogP contribution is 2.37. The fraction of sp³-hybridized carbons (Fsp3) is 0.357. The molecular formula is C14H17BrO4. The average molecular weight is 329 g/mol. The van der Waals surface area contributed by atoms with E-state index in [9.17, 15) is 4.79 Å². The van der Waals surface area contributed by atoms with Crippen molar-refractivity contribution in [1.29, 1.82) is 0 Å². The Morgan fingerprint density at radius 2 is 2.21 bits per heavy atom. The fourth-order valence-corrected chi connectivity index (χ4v) is 2.04. The van der Waals surface area contributed by atoms with Crippen molar-refractivity contribution >= 4 is 28.0 Å². The van der Waals surface area contributed by atoms with Crippen molar-refractivity contribution in [3.8, 4) is 11.5 Å². The third kappa shape index (κ3) is 4.95. The number of benzene rings is 1. The lowest BCUT2D eigenvalue weighted by atomic mass is 10.2. The molecule has 0 aromatic heterocycles. The van der Waals surface area contributed by atoms with Gasteiger partial charge in [-0.15, -0.1) is 0 Å². The number of carboxylic acids is 1. The third-order valence-corrected chi connectivity index (χ3v) is 3.00. The van der Waals surface area contributed by atoms with Gasteiger partial charge in [0, 0.05) is 6.08 Å². The average Bonchev–Trinajstić information content (AvgIpc) is 2.38. The molecule has 19 heavy (non-hydrogen) atoms. The molecule has 0 atom stereocenters. The first-order valence-electron chi connectivity index (χ1n) is 5.99. The molecule has 0 aliphatic heterocycles. The van der Waals surface area contributed by atoms with Crippen LogP contribution in [-0.2, 0) is 4.79 Å². The van der Waals surface area contributed by atoms with E-state index in [0.29, 0.717) is 18.1 Å². The van der Waals surface area contributed by atoms with E-state index in [0.717, 1.165) is 29.0 Å². The molecule has 1 aromatic rings. The van der Waals surface area contributed by atoms with E-state index in [1.807, 2.05) is 0 Å². The van der Waals surface area contributed by atoms with Gasteiger partial charge in [-0.25, -0.2) is 4.79 Å². The van der Waals surface area contributed by atoms with Gasteiger partial charge in [0.2, 0.25) is 0 Å². The van der Waals surface area contributed by atoms with Crippen LogP contribution in [0.5, 0.6) is 11.5 Å². The van der Waals surface area contributed by atoms with Crippen molar-refractivity contribution < 1.29 is 19.4 Å². The summed E-state index contributed by atoms with van der Waals surface area (Å²) in [6.45, 7) is 2.71. The van der Waals surface area contributed by atoms with E-state index >= 15 is 0 Å². The van der Waals surface area contributed by atoms with Crippen LogP contribution >= 0.6 is 15.9 Å². The van der Waals surface area contributed by atoms with Crippen molar-refractivity contribution in [2.45, 2.75) is 19.8 Å². The molecule has 0 aliphatic rings. The largest absolute Gasteiger partial charge is 0.493 e. The van der Waals surface area contributed by atoms with Crippen molar-refractivity contribution in [1.82, 2.24) is 0 Å². The minimum absolute atomic E-state index is 0.579. The van der Waals surface area contributed by atoms with Crippen LogP contribution in [0, 0.1) is 0 Å². The number of ether oxygens (including phenoxy) is 2. The first-order chi connectivity index (χ1) is 9.08. The van der Waals surface area contributed by atoms with Crippen LogP contribution in [0.1, 0.15) is 25.3 Å². The highest BCUT2D eigenvalue weighted by molar-refractivity contribution is 9.10. The van der Waals surface area contributed by atoms with E-state index in [1.165, 1.54) is 6.08 Å². The van der Waals surface area contributed by atoms with E-state index in [2.05, 4.69) is 22.9 Å². The van der Waals surface area contributed by atoms with Gasteiger partial charge in [0.15, 0.2) is 11.5 Å². The summed E-state index contributed by atoms with van der Waals surface area (Å²) in [5, 5.41) is 8.61. The maximum atomic E-state index is 10.5. The number of carbonyl (C=O) groups is 1. The quantitative estimate of drug-likeness (QED) is 0.612. The zero-order chi connectivity index (χ0) is 14.3. The molecule has 1 aromatic carbocycles. The number of methoxy groups -OCH3 is 1. The Morgan fingerprint density at radius 1 is 1.47 bits per heavy atom. The maximum Gasteiger partial charge on any atom is 0.328 e. The van der Waals surface area contributed by atoms with E-state index in [1.54, 1.807) is 19.2 Å². The summed E-state index contributed by atoms with van der Waals surface area (Å²) in [6.07, 6.45) is 4.61. The zero-order valence-corrected chi connectivity index (χ0v) is 12.6. The van der Waals surface area contributed by atoms with Gasteiger partial charge in [-0.3, -0.25) is 0 Å². The standard InChI is InChI=1S/C14H17BrO4/c1-3-4-7-19-14-11(15)8-10(5-6-13(16)17)9-12(14)18-2/h5-6,8-9H,3-4,7H2,1-2H3,(H,16,17)/b6-5+. The lowest BCUT2D eigenvalue weighted by molar-refractivity contribution is -0.131. The second-order valence-corrected chi connectivity index (χ2v) is 4.76. The predicted octanol–water partition coefficient (Wildman–Crippen LogP) is 3.73. The number of hydrogen-bond donors (Lipinski definition) is 1. The molecule has 1 rings (SSSR count). The van der Waals surface area contributed by atoms with Crippen LogP contribution in [0.4, 0.5) is 0 Å². The number of rotatable bonds is 7. The topological polar surface area (TPSA) is 55.8 Å². The van der Waals surface area contributed by atoms with Gasteiger partial charge >= 0.3 is 5.97 Å². The molecule has 1 N–H and O–H groups in total. The predicted molar refractivity (Wildman–Crippen MR) is 77.8 cm³/mol. The minimum atomic E-state index is -0.988. The normalized spacial score (nSPS) is 10.7. The number of hydrogen-bond acceptors (Lipinski definition) is 3. The molecule has 0 bridgehead atoms. The Hall–Kier alpha value is -1.49. The maximum absolute atomic E-state index is 10.5. The molecule has 0 saturated carbocycles. The number of aliphatic carboxylic acids is 1. The molecule has 5 heteroatoms. The van der Waals surface area contributed by atoms with E-state index in [-0.39, 0.29) is 0 Å². The summed E-state index contributed by atoms with van der Waals surface area (Å²) < 4.78 is 11.7. The summed E-state index contributed by atoms with van der Waals surface area (Å²) in [7, 11) is 1.55. The Labute approximate surface area is 121 Å². The Kier molecular flexibility index (Phi) is 6.42. The Bertz CT molecular complexity index is 469. The van der Waals surface area contributed by atoms with Crippen LogP contribution in [0.2, 0.25) is 0 Å². The molecule has 0 spiro atoms. The second-order valence-electron chi connectivity index (χ2n) is 3.91. The molecule has 0 amide bonds. The summed E-state index contributed by atoms with van der Waals surface area (Å²) in [5.74, 6) is 0.234. The molecule has 0 heterocycles. The molecular weight excluding hydrogens is 312 g/mol. The van der Waals surface area contributed by atoms with Crippen LogP contribution in [0.25, 0.3) is 6.08 Å². The molecule has 104 valence electrons. The Balaban J connectivity index is 2.97. The minimum Gasteiger partial charge on any atom is -0.493 e. The molecule has 0 unspecified atom stereocenters. The van der Waals surface area contributed by atoms with Gasteiger partial charge in [0.1, 0.15) is 0 Å². The van der Waals surface area contributed by atoms with Gasteiger partial charge in [0.25, 0.3) is 0 Å². The van der Waals surface area contributed by atoms with Gasteiger partial charge in [-0.2, -0.15) is 0 Å². The molecule has 0 aliphatic carbocycles. The number of halogens is 1. The van der Waals surface area contributed by atoms with Crippen LogP contribution in [0.3, 0.4) is 0 Å². The molecule has 4 nitrogen and oxygen atoms in total. The summed E-state index contributed by atoms with van der Waals surface area (Å²) in [4.78, 5) is 10.5. The lowest BCUT2D eigenvalue weighted by Gasteiger charge is -2.13. The number of carboxylic acid groups (broad SMARTS) is 1. The molecule has 0 saturated heterocycles. The summed E-state index contributed by atoms with van der Waals surface area (Å²) >= 11 is 3.41. The smallest absolute Gasteiger partial charge is 0.328 e. The fourth-order valence-electron chi connectivity index (χ4n) is 1.46. The molecule has 0 radical (unpaired) electrons. The van der Waals surface area contributed by atoms with Crippen molar-refractivity contribution in [3.63, 3.8) is 0 Å². The van der Waals surface area contributed by atoms with E-state index < -0.39 is 5.97 Å². The second kappa shape index (κ2) is 7.84. The van der Waals surface area contributed by atoms with Crippen LogP contribution in [0.15, 0.2) is 22.7 Å². The van der Waals surface area contributed by atoms with Crippen LogP contribution in [-0.4, -0.2) is 24.8 Å². The SMILES string of the molecule is CCCCOc1c(Br)cc(/C=C/C(=O)O)cc1OC. The van der Waals surface area contributed by atoms with Crippen molar-refractivity contribution in [2.75, 3.05) is 13.7 Å². The summed E-state index contributed by atoms with van der Waals surface area (Å²) in [5.41, 5.74) is 0.731. The van der Waals surface area contributed by atoms with Gasteiger partial charge in [-0.1, -0.05) is 13.3 Å². The van der Waals surface area contributed by atoms with Gasteiger partial charge < -0.3 is 14.6 Å². The van der Waals surface area contributed by atoms with Crippen molar-refractivity contribution in [3.05, 3.63) is 28.2 Å². The lowest BCUT2D eigenvalue weighted by Crippen LogP contribution is -2.00. The van der Waals surface area contributed by atoms with Gasteiger partial charge in [-0.05, 0) is 46.1 Å². The van der Waals surface area contributed by atoms with Crippen LogP contribution < -0.4 is 9.47 Å². The first kappa shape index (κ1) is 15.6.